The third-order valence-corrected chi connectivity index (χ3v) is 7.77. The lowest BCUT2D eigenvalue weighted by molar-refractivity contribution is -0.118. The first-order chi connectivity index (χ1) is 20.4. The summed E-state index contributed by atoms with van der Waals surface area (Å²) in [7, 11) is 0. The molecule has 2 aliphatic rings. The van der Waals surface area contributed by atoms with Gasteiger partial charge < -0.3 is 24.5 Å². The van der Waals surface area contributed by atoms with Gasteiger partial charge in [-0.05, 0) is 42.3 Å². The van der Waals surface area contributed by atoms with Gasteiger partial charge in [-0.15, -0.1) is 0 Å². The Morgan fingerprint density at radius 2 is 1.79 bits per heavy atom. The van der Waals surface area contributed by atoms with Gasteiger partial charge in [-0.1, -0.05) is 30.3 Å². The molecule has 2 aliphatic heterocycles. The summed E-state index contributed by atoms with van der Waals surface area (Å²) >= 11 is 0. The Kier molecular flexibility index (Phi) is 8.18. The van der Waals surface area contributed by atoms with Gasteiger partial charge in [0.25, 0.3) is 0 Å². The molecule has 2 N–H and O–H groups in total. The lowest BCUT2D eigenvalue weighted by Crippen LogP contribution is -2.50. The van der Waals surface area contributed by atoms with Gasteiger partial charge in [0.15, 0.2) is 5.58 Å². The van der Waals surface area contributed by atoms with Crippen LogP contribution in [0.3, 0.4) is 0 Å². The first kappa shape index (κ1) is 27.9. The van der Waals surface area contributed by atoms with Gasteiger partial charge >= 0.3 is 0 Å². The number of rotatable bonds is 9. The van der Waals surface area contributed by atoms with Crippen LogP contribution in [0.4, 0.5) is 11.4 Å². The van der Waals surface area contributed by atoms with Gasteiger partial charge in [-0.25, -0.2) is 4.98 Å². The number of amides is 2. The lowest BCUT2D eigenvalue weighted by Gasteiger charge is -2.35. The standard InChI is InChI=1S/C32H35N5O5/c1-22(38)37-13-12-23-8-5-9-27(31(23)37)33-30(40)20-36-16-14-35(15-17-36)19-25(39)21-41-26-10-11-29-28(18-26)34-32(42-29)24-6-3-2-4-7-24/h2-11,18,25,39H,12-17,19-21H2,1H3,(H,33,40). The Bertz CT molecular complexity index is 1560. The number of anilines is 2. The molecular weight excluding hydrogens is 534 g/mol. The van der Waals surface area contributed by atoms with Crippen molar-refractivity contribution >= 4 is 34.3 Å². The van der Waals surface area contributed by atoms with Crippen molar-refractivity contribution < 1.29 is 23.8 Å². The molecule has 6 rings (SSSR count). The number of fused-ring (bicyclic) bond motifs is 2. The molecule has 1 saturated heterocycles. The van der Waals surface area contributed by atoms with Gasteiger partial charge in [-0.3, -0.25) is 19.4 Å². The molecule has 4 aromatic rings. The molecule has 0 radical (unpaired) electrons. The smallest absolute Gasteiger partial charge is 0.238 e. The summed E-state index contributed by atoms with van der Waals surface area (Å²) in [4.78, 5) is 35.5. The van der Waals surface area contributed by atoms with E-state index < -0.39 is 6.10 Å². The number of aliphatic hydroxyl groups excluding tert-OH is 1. The van der Waals surface area contributed by atoms with E-state index in [1.54, 1.807) is 11.8 Å². The number of hydrogen-bond acceptors (Lipinski definition) is 8. The molecule has 10 heteroatoms. The zero-order chi connectivity index (χ0) is 29.1. The summed E-state index contributed by atoms with van der Waals surface area (Å²) in [6, 6.07) is 21.0. The van der Waals surface area contributed by atoms with E-state index in [-0.39, 0.29) is 25.0 Å². The van der Waals surface area contributed by atoms with Gasteiger partial charge in [-0.2, -0.15) is 0 Å². The monoisotopic (exact) mass is 569 g/mol. The van der Waals surface area contributed by atoms with Crippen molar-refractivity contribution in [3.8, 4) is 17.2 Å². The Morgan fingerprint density at radius 3 is 2.57 bits per heavy atom. The zero-order valence-corrected chi connectivity index (χ0v) is 23.7. The molecule has 10 nitrogen and oxygen atoms in total. The number of carbonyl (C=O) groups is 2. The fourth-order valence-electron chi connectivity index (χ4n) is 5.64. The van der Waals surface area contributed by atoms with Crippen molar-refractivity contribution in [3.63, 3.8) is 0 Å². The molecule has 0 spiro atoms. The molecule has 0 saturated carbocycles. The summed E-state index contributed by atoms with van der Waals surface area (Å²) in [5.74, 6) is 1.07. The van der Waals surface area contributed by atoms with Crippen LogP contribution in [0.15, 0.2) is 71.1 Å². The largest absolute Gasteiger partial charge is 0.491 e. The fourth-order valence-corrected chi connectivity index (χ4v) is 5.64. The molecule has 3 aromatic carbocycles. The van der Waals surface area contributed by atoms with Crippen molar-refractivity contribution in [2.75, 3.05) is 62.6 Å². The highest BCUT2D eigenvalue weighted by molar-refractivity contribution is 6.02. The minimum atomic E-state index is -0.655. The summed E-state index contributed by atoms with van der Waals surface area (Å²) < 4.78 is 11.7. The average molecular weight is 570 g/mol. The number of aliphatic hydroxyl groups is 1. The number of hydrogen-bond donors (Lipinski definition) is 2. The van der Waals surface area contributed by atoms with E-state index >= 15 is 0 Å². The first-order valence-electron chi connectivity index (χ1n) is 14.3. The van der Waals surface area contributed by atoms with Crippen LogP contribution < -0.4 is 15.0 Å². The van der Waals surface area contributed by atoms with Crippen LogP contribution in [-0.2, 0) is 16.0 Å². The highest BCUT2D eigenvalue weighted by Crippen LogP contribution is 2.35. The maximum atomic E-state index is 12.9. The van der Waals surface area contributed by atoms with Gasteiger partial charge in [0, 0.05) is 57.8 Å². The predicted molar refractivity (Wildman–Crippen MR) is 161 cm³/mol. The van der Waals surface area contributed by atoms with Crippen molar-refractivity contribution in [3.05, 3.63) is 72.3 Å². The predicted octanol–water partition coefficient (Wildman–Crippen LogP) is 3.40. The van der Waals surface area contributed by atoms with Crippen molar-refractivity contribution in [1.82, 2.24) is 14.8 Å². The second kappa shape index (κ2) is 12.3. The van der Waals surface area contributed by atoms with Crippen molar-refractivity contribution in [1.29, 1.82) is 0 Å². The van der Waals surface area contributed by atoms with Gasteiger partial charge in [0.1, 0.15) is 24.0 Å². The van der Waals surface area contributed by atoms with E-state index in [0.29, 0.717) is 41.5 Å². The van der Waals surface area contributed by atoms with E-state index in [1.807, 2.05) is 66.7 Å². The summed E-state index contributed by atoms with van der Waals surface area (Å²) in [5.41, 5.74) is 4.87. The molecule has 0 bridgehead atoms. The zero-order valence-electron chi connectivity index (χ0n) is 23.7. The fraction of sp³-hybridized carbons (Fsp3) is 0.344. The highest BCUT2D eigenvalue weighted by Gasteiger charge is 2.27. The topological polar surface area (TPSA) is 111 Å². The molecule has 3 heterocycles. The second-order valence-corrected chi connectivity index (χ2v) is 10.8. The van der Waals surface area contributed by atoms with Gasteiger partial charge in [0.2, 0.25) is 17.7 Å². The number of ether oxygens (including phenoxy) is 1. The first-order valence-corrected chi connectivity index (χ1v) is 14.3. The third-order valence-electron chi connectivity index (χ3n) is 7.77. The van der Waals surface area contributed by atoms with Crippen molar-refractivity contribution in [2.45, 2.75) is 19.4 Å². The molecular formula is C32H35N5O5. The Morgan fingerprint density at radius 1 is 1.00 bits per heavy atom. The molecule has 1 aromatic heterocycles. The maximum Gasteiger partial charge on any atom is 0.238 e. The van der Waals surface area contributed by atoms with E-state index in [0.717, 1.165) is 49.4 Å². The lowest BCUT2D eigenvalue weighted by atomic mass is 10.1. The van der Waals surface area contributed by atoms with Crippen molar-refractivity contribution in [2.24, 2.45) is 0 Å². The van der Waals surface area contributed by atoms with Crippen LogP contribution in [0.1, 0.15) is 12.5 Å². The Labute approximate surface area is 244 Å². The number of piperazine rings is 1. The molecule has 42 heavy (non-hydrogen) atoms. The highest BCUT2D eigenvalue weighted by atomic mass is 16.5. The number of para-hydroxylation sites is 1. The van der Waals surface area contributed by atoms with Crippen LogP contribution in [-0.4, -0.2) is 90.2 Å². The summed E-state index contributed by atoms with van der Waals surface area (Å²) in [6.07, 6.45) is 0.140. The minimum absolute atomic E-state index is 0.0207. The van der Waals surface area contributed by atoms with Crippen LogP contribution in [0.5, 0.6) is 5.75 Å². The van der Waals surface area contributed by atoms with E-state index in [9.17, 15) is 14.7 Å². The maximum absolute atomic E-state index is 12.9. The van der Waals surface area contributed by atoms with E-state index in [2.05, 4.69) is 20.1 Å². The van der Waals surface area contributed by atoms with Crippen LogP contribution in [0.25, 0.3) is 22.6 Å². The summed E-state index contributed by atoms with van der Waals surface area (Å²) in [6.45, 7) is 6.06. The number of oxazole rings is 1. The SMILES string of the molecule is CC(=O)N1CCc2cccc(NC(=O)CN3CCN(CC(O)COc4ccc5oc(-c6ccccc6)nc5c4)CC3)c21. The molecule has 1 fully saturated rings. The molecule has 2 amide bonds. The van der Waals surface area contributed by atoms with Crippen LogP contribution in [0, 0.1) is 0 Å². The molecule has 218 valence electrons. The number of benzene rings is 3. The Balaban J connectivity index is 0.948. The van der Waals surface area contributed by atoms with E-state index in [4.69, 9.17) is 9.15 Å². The number of aromatic nitrogens is 1. The number of β-amino-alcohol motifs (C(OH)–C–C–N with tert-alkyl or cyclic N) is 1. The van der Waals surface area contributed by atoms with Crippen LogP contribution in [0.2, 0.25) is 0 Å². The minimum Gasteiger partial charge on any atom is -0.491 e. The Hall–Kier alpha value is -4.25. The number of nitrogens with one attached hydrogen (secondary N) is 1. The second-order valence-electron chi connectivity index (χ2n) is 10.8. The molecule has 1 unspecified atom stereocenters. The summed E-state index contributed by atoms with van der Waals surface area (Å²) in [5, 5.41) is 13.7. The normalized spacial score (nSPS) is 16.4. The quantitative estimate of drug-likeness (QED) is 0.316. The molecule has 1 atom stereocenters. The van der Waals surface area contributed by atoms with E-state index in [1.165, 1.54) is 0 Å². The van der Waals surface area contributed by atoms with Gasteiger partial charge in [0.05, 0.1) is 17.9 Å². The number of carbonyl (C=O) groups excluding carboxylic acids is 2. The average Bonchev–Trinajstić information content (AvgIpc) is 3.63. The number of nitrogens with zero attached hydrogens (tertiary/aromatic N) is 4. The van der Waals surface area contributed by atoms with Crippen LogP contribution >= 0.6 is 0 Å². The third kappa shape index (κ3) is 6.30. The molecule has 0 aliphatic carbocycles.